The Morgan fingerprint density at radius 2 is 1.77 bits per heavy atom. The molecule has 13 heteroatoms. The zero-order valence-electron chi connectivity index (χ0n) is 22.3. The lowest BCUT2D eigenvalue weighted by Gasteiger charge is -2.40. The fourth-order valence-corrected chi connectivity index (χ4v) is 6.50. The summed E-state index contributed by atoms with van der Waals surface area (Å²) in [4.78, 5) is 32.8. The largest absolute Gasteiger partial charge is 0.419 e. The lowest BCUT2D eigenvalue weighted by Crippen LogP contribution is -2.48. The third kappa shape index (κ3) is 5.75. The number of piperidine rings is 2. The number of H-pyrrole nitrogens is 1. The van der Waals surface area contributed by atoms with Crippen LogP contribution < -0.4 is 10.0 Å². The molecule has 216 valence electrons. The highest BCUT2D eigenvalue weighted by Gasteiger charge is 2.42. The van der Waals surface area contributed by atoms with Crippen molar-refractivity contribution in [1.82, 2.24) is 14.8 Å². The second-order valence-corrected chi connectivity index (χ2v) is 12.4. The number of nitrogens with one attached hydrogen (secondary N) is 3. The molecule has 0 radical (unpaired) electrons. The molecule has 0 aliphatic carbocycles. The van der Waals surface area contributed by atoms with Crippen LogP contribution in [-0.2, 0) is 21.0 Å². The van der Waals surface area contributed by atoms with Crippen LogP contribution in [0.15, 0.2) is 18.2 Å². The van der Waals surface area contributed by atoms with Gasteiger partial charge in [-0.1, -0.05) is 6.42 Å². The van der Waals surface area contributed by atoms with Crippen molar-refractivity contribution in [2.75, 3.05) is 42.5 Å². The number of fused-ring (bicyclic) bond motifs is 1. The minimum atomic E-state index is -4.87. The summed E-state index contributed by atoms with van der Waals surface area (Å²) in [6, 6.07) is 4.62. The number of halogens is 3. The number of nitrogens with zero attached hydrogens (tertiary/aromatic N) is 2. The van der Waals surface area contributed by atoms with Crippen LogP contribution in [0.2, 0.25) is 0 Å². The number of benzene rings is 1. The van der Waals surface area contributed by atoms with E-state index in [1.807, 2.05) is 0 Å². The summed E-state index contributed by atoms with van der Waals surface area (Å²) in [6.45, 7) is 4.22. The first kappa shape index (κ1) is 28.2. The number of amides is 2. The Morgan fingerprint density at radius 1 is 1.10 bits per heavy atom. The molecule has 0 unspecified atom stereocenters. The molecule has 3 aliphatic rings. The van der Waals surface area contributed by atoms with Crippen LogP contribution in [0.5, 0.6) is 0 Å². The number of anilines is 2. The van der Waals surface area contributed by atoms with Crippen molar-refractivity contribution in [3.63, 3.8) is 0 Å². The molecule has 0 bridgehead atoms. The van der Waals surface area contributed by atoms with E-state index < -0.39 is 44.8 Å². The van der Waals surface area contributed by atoms with Gasteiger partial charge >= 0.3 is 6.18 Å². The molecule has 1 aromatic carbocycles. The van der Waals surface area contributed by atoms with Gasteiger partial charge in [0.25, 0.3) is 11.8 Å². The predicted molar refractivity (Wildman–Crippen MR) is 146 cm³/mol. The molecule has 2 amide bonds. The Morgan fingerprint density at radius 3 is 2.40 bits per heavy atom. The monoisotopic (exact) mass is 579 g/mol. The number of aromatic nitrogens is 1. The molecule has 0 spiro atoms. The molecule has 2 aromatic rings. The molecule has 1 aromatic heterocycles. The zero-order valence-corrected chi connectivity index (χ0v) is 23.1. The first-order valence-electron chi connectivity index (χ1n) is 13.3. The minimum Gasteiger partial charge on any atom is -0.358 e. The molecule has 9 nitrogen and oxygen atoms in total. The maximum absolute atomic E-state index is 14.5. The van der Waals surface area contributed by atoms with Crippen molar-refractivity contribution >= 4 is 44.9 Å². The summed E-state index contributed by atoms with van der Waals surface area (Å²) < 4.78 is 69.0. The summed E-state index contributed by atoms with van der Waals surface area (Å²) >= 11 is 0. The fourth-order valence-electron chi connectivity index (χ4n) is 5.95. The molecule has 3 aliphatic heterocycles. The number of aromatic amines is 1. The van der Waals surface area contributed by atoms with Crippen molar-refractivity contribution in [3.8, 4) is 0 Å². The maximum atomic E-state index is 14.5. The van der Waals surface area contributed by atoms with Gasteiger partial charge < -0.3 is 20.1 Å². The minimum absolute atomic E-state index is 0.0634. The normalized spacial score (nSPS) is 20.1. The third-order valence-corrected chi connectivity index (χ3v) is 8.37. The van der Waals surface area contributed by atoms with Crippen LogP contribution in [-0.4, -0.2) is 73.5 Å². The highest BCUT2D eigenvalue weighted by Crippen LogP contribution is 2.41. The second kappa shape index (κ2) is 10.6. The molecular formula is C27H32F3N5O4S. The van der Waals surface area contributed by atoms with E-state index in [9.17, 15) is 31.2 Å². The van der Waals surface area contributed by atoms with Gasteiger partial charge in [0, 0.05) is 41.8 Å². The zero-order chi connectivity index (χ0) is 28.8. The van der Waals surface area contributed by atoms with Crippen LogP contribution in [0.25, 0.3) is 11.6 Å². The highest BCUT2D eigenvalue weighted by molar-refractivity contribution is 7.92. The standard InChI is InChI=1S/C27H32F3N5O4S/c1-16-23(26(37)35-12-8-18(9-13-35)34-10-4-3-5-11-34)24(27(28,29)30)22(31-16)15-20-19-14-17(33-40(2,38)39)6-7-21(19)32-25(20)36/h6-7,14-15,18,31,33H,3-5,8-13H2,1-2H3,(H,32,36)/b20-15-. The van der Waals surface area contributed by atoms with Crippen LogP contribution >= 0.6 is 0 Å². The average Bonchev–Trinajstić information content (AvgIpc) is 3.39. The molecule has 4 heterocycles. The van der Waals surface area contributed by atoms with E-state index in [-0.39, 0.29) is 22.5 Å². The summed E-state index contributed by atoms with van der Waals surface area (Å²) in [6.07, 6.45) is 2.10. The summed E-state index contributed by atoms with van der Waals surface area (Å²) in [7, 11) is -3.62. The summed E-state index contributed by atoms with van der Waals surface area (Å²) in [5.41, 5.74) is -1.25. The number of carbonyl (C=O) groups excluding carboxylic acids is 2. The molecule has 0 saturated carbocycles. The summed E-state index contributed by atoms with van der Waals surface area (Å²) in [5, 5.41) is 2.58. The molecule has 5 rings (SSSR count). The number of sulfonamides is 1. The Balaban J connectivity index is 1.46. The van der Waals surface area contributed by atoms with E-state index >= 15 is 0 Å². The number of hydrogen-bond acceptors (Lipinski definition) is 5. The van der Waals surface area contributed by atoms with E-state index in [0.717, 1.165) is 38.3 Å². The fraction of sp³-hybridized carbons (Fsp3) is 0.481. The van der Waals surface area contributed by atoms with Gasteiger partial charge in [-0.25, -0.2) is 8.42 Å². The van der Waals surface area contributed by atoms with Crippen LogP contribution in [0.1, 0.15) is 65.0 Å². The van der Waals surface area contributed by atoms with Gasteiger partial charge in [-0.3, -0.25) is 14.3 Å². The Kier molecular flexibility index (Phi) is 7.47. The highest BCUT2D eigenvalue weighted by atomic mass is 32.2. The molecule has 0 atom stereocenters. The topological polar surface area (TPSA) is 115 Å². The lowest BCUT2D eigenvalue weighted by molar-refractivity contribution is -0.138. The van der Waals surface area contributed by atoms with Crippen LogP contribution in [0.3, 0.4) is 0 Å². The predicted octanol–water partition coefficient (Wildman–Crippen LogP) is 4.30. The van der Waals surface area contributed by atoms with Gasteiger partial charge in [-0.05, 0) is 70.0 Å². The molecule has 2 fully saturated rings. The second-order valence-electron chi connectivity index (χ2n) is 10.7. The quantitative estimate of drug-likeness (QED) is 0.457. The molecule has 2 saturated heterocycles. The molecule has 40 heavy (non-hydrogen) atoms. The van der Waals surface area contributed by atoms with E-state index in [0.29, 0.717) is 37.7 Å². The third-order valence-electron chi connectivity index (χ3n) is 7.77. The number of rotatable bonds is 5. The van der Waals surface area contributed by atoms with Gasteiger partial charge in [0.15, 0.2) is 0 Å². The van der Waals surface area contributed by atoms with Crippen molar-refractivity contribution in [1.29, 1.82) is 0 Å². The van der Waals surface area contributed by atoms with Gasteiger partial charge in [0.2, 0.25) is 10.0 Å². The van der Waals surface area contributed by atoms with Crippen LogP contribution in [0.4, 0.5) is 24.5 Å². The number of aryl methyl sites for hydroxylation is 1. The number of alkyl halides is 3. The number of likely N-dealkylation sites (tertiary alicyclic amines) is 2. The van der Waals surface area contributed by atoms with E-state index in [4.69, 9.17) is 0 Å². The number of carbonyl (C=O) groups is 2. The van der Waals surface area contributed by atoms with Gasteiger partial charge in [-0.15, -0.1) is 0 Å². The lowest BCUT2D eigenvalue weighted by atomic mass is 9.98. The van der Waals surface area contributed by atoms with E-state index in [2.05, 4.69) is 19.9 Å². The van der Waals surface area contributed by atoms with Crippen LogP contribution in [0, 0.1) is 6.92 Å². The van der Waals surface area contributed by atoms with Gasteiger partial charge in [0.05, 0.1) is 28.6 Å². The smallest absolute Gasteiger partial charge is 0.358 e. The SMILES string of the molecule is Cc1[nH]c(/C=C2\C(=O)Nc3ccc(NS(C)(=O)=O)cc32)c(C(F)(F)F)c1C(=O)N1CCC(N2CCCCC2)CC1. The van der Waals surface area contributed by atoms with Gasteiger partial charge in [-0.2, -0.15) is 13.2 Å². The number of hydrogen-bond donors (Lipinski definition) is 3. The van der Waals surface area contributed by atoms with Crippen molar-refractivity contribution < 1.29 is 31.2 Å². The Hall–Kier alpha value is -3.32. The van der Waals surface area contributed by atoms with Gasteiger partial charge in [0.1, 0.15) is 0 Å². The maximum Gasteiger partial charge on any atom is 0.419 e. The van der Waals surface area contributed by atoms with Crippen molar-refractivity contribution in [2.24, 2.45) is 0 Å². The average molecular weight is 580 g/mol. The summed E-state index contributed by atoms with van der Waals surface area (Å²) in [5.74, 6) is -1.32. The molecular weight excluding hydrogens is 547 g/mol. The first-order chi connectivity index (χ1) is 18.8. The van der Waals surface area contributed by atoms with E-state index in [1.165, 1.54) is 36.4 Å². The van der Waals surface area contributed by atoms with Crippen molar-refractivity contribution in [2.45, 2.75) is 51.2 Å². The van der Waals surface area contributed by atoms with E-state index in [1.54, 1.807) is 0 Å². The van der Waals surface area contributed by atoms with Crippen molar-refractivity contribution in [3.05, 3.63) is 46.3 Å². The molecule has 3 N–H and O–H groups in total. The Bertz CT molecular complexity index is 1470. The first-order valence-corrected chi connectivity index (χ1v) is 15.2. The Labute approximate surface area is 230 Å².